The van der Waals surface area contributed by atoms with Crippen LogP contribution in [0.3, 0.4) is 0 Å². The van der Waals surface area contributed by atoms with Gasteiger partial charge in [-0.2, -0.15) is 4.72 Å². The number of ether oxygens (including phenoxy) is 2. The Labute approximate surface area is 209 Å². The quantitative estimate of drug-likeness (QED) is 0.306. The summed E-state index contributed by atoms with van der Waals surface area (Å²) in [5.74, 6) is -0.194. The number of aliphatic carboxylic acids is 1. The van der Waals surface area contributed by atoms with Crippen LogP contribution in [0.15, 0.2) is 82.1 Å². The summed E-state index contributed by atoms with van der Waals surface area (Å²) in [6, 6.07) is 20.4. The normalized spacial score (nSPS) is 12.6. The van der Waals surface area contributed by atoms with Crippen molar-refractivity contribution in [1.29, 1.82) is 0 Å². The van der Waals surface area contributed by atoms with Crippen LogP contribution in [-0.2, 0) is 21.4 Å². The summed E-state index contributed by atoms with van der Waals surface area (Å²) in [6.07, 6.45) is 0. The molecule has 0 spiro atoms. The van der Waals surface area contributed by atoms with E-state index in [1.54, 1.807) is 26.0 Å². The second kappa shape index (κ2) is 10.4. The van der Waals surface area contributed by atoms with E-state index in [1.165, 1.54) is 13.2 Å². The Bertz CT molecular complexity index is 1440. The highest BCUT2D eigenvalue weighted by molar-refractivity contribution is 7.89. The second-order valence-corrected chi connectivity index (χ2v) is 10.3. The maximum atomic E-state index is 12.9. The number of fused-ring (bicyclic) bond motifs is 1. The molecule has 4 aromatic rings. The first-order chi connectivity index (χ1) is 17.2. The molecular weight excluding hydrogens is 482 g/mol. The fraction of sp³-hybridized carbons (Fsp3) is 0.222. The van der Waals surface area contributed by atoms with Gasteiger partial charge in [0.05, 0.1) is 7.11 Å². The van der Waals surface area contributed by atoms with Crippen LogP contribution in [0.2, 0.25) is 0 Å². The molecule has 0 radical (unpaired) electrons. The molecule has 0 aliphatic carbocycles. The number of methoxy groups -OCH3 is 1. The minimum absolute atomic E-state index is 0.109. The number of para-hydroxylation sites is 1. The van der Waals surface area contributed by atoms with Crippen LogP contribution in [-0.4, -0.2) is 32.6 Å². The van der Waals surface area contributed by atoms with Crippen molar-refractivity contribution in [3.8, 4) is 22.6 Å². The van der Waals surface area contributed by atoms with Gasteiger partial charge in [0, 0.05) is 5.39 Å². The number of hydrogen-bond acceptors (Lipinski definition) is 6. The zero-order chi connectivity index (χ0) is 25.9. The van der Waals surface area contributed by atoms with Crippen molar-refractivity contribution in [3.63, 3.8) is 0 Å². The third-order valence-electron chi connectivity index (χ3n) is 5.71. The van der Waals surface area contributed by atoms with Crippen LogP contribution in [0.25, 0.3) is 22.1 Å². The Balaban J connectivity index is 1.49. The molecule has 0 aliphatic rings. The number of carbonyl (C=O) groups is 1. The van der Waals surface area contributed by atoms with E-state index in [4.69, 9.17) is 13.9 Å². The van der Waals surface area contributed by atoms with E-state index in [0.717, 1.165) is 27.9 Å². The van der Waals surface area contributed by atoms with Gasteiger partial charge in [0.1, 0.15) is 40.4 Å². The number of sulfonamides is 1. The molecule has 188 valence electrons. The van der Waals surface area contributed by atoms with E-state index in [-0.39, 0.29) is 17.3 Å². The van der Waals surface area contributed by atoms with Crippen molar-refractivity contribution in [2.45, 2.75) is 31.4 Å². The molecule has 8 nitrogen and oxygen atoms in total. The van der Waals surface area contributed by atoms with Crippen molar-refractivity contribution < 1.29 is 32.2 Å². The molecule has 0 amide bonds. The number of furan rings is 1. The van der Waals surface area contributed by atoms with Crippen LogP contribution in [0, 0.1) is 5.92 Å². The van der Waals surface area contributed by atoms with Crippen LogP contribution in [0.1, 0.15) is 19.6 Å². The Hall–Kier alpha value is -3.82. The maximum Gasteiger partial charge on any atom is 0.322 e. The Morgan fingerprint density at radius 2 is 1.69 bits per heavy atom. The predicted molar refractivity (Wildman–Crippen MR) is 136 cm³/mol. The average molecular weight is 510 g/mol. The number of carboxylic acid groups (broad SMARTS) is 1. The lowest BCUT2D eigenvalue weighted by atomic mass is 10.1. The van der Waals surface area contributed by atoms with Crippen molar-refractivity contribution in [2.24, 2.45) is 5.92 Å². The summed E-state index contributed by atoms with van der Waals surface area (Å²) in [5.41, 5.74) is 2.36. The predicted octanol–water partition coefficient (Wildman–Crippen LogP) is 5.07. The third-order valence-corrected chi connectivity index (χ3v) is 7.19. The van der Waals surface area contributed by atoms with E-state index < -0.39 is 28.0 Å². The zero-order valence-corrected chi connectivity index (χ0v) is 20.9. The summed E-state index contributed by atoms with van der Waals surface area (Å²) < 4.78 is 45.0. The lowest BCUT2D eigenvalue weighted by molar-refractivity contribution is -0.140. The largest absolute Gasteiger partial charge is 0.495 e. The van der Waals surface area contributed by atoms with Crippen LogP contribution < -0.4 is 14.2 Å². The summed E-state index contributed by atoms with van der Waals surface area (Å²) in [4.78, 5) is 11.3. The number of hydrogen-bond donors (Lipinski definition) is 2. The number of benzene rings is 3. The standard InChI is InChI=1S/C27H27NO7S/c1-17(2)26(27(29)30)28-36(31,32)25-13-10-19(15-24(25)33-3)18-8-11-21(12-9-18)34-16-22-14-20-6-4-5-7-23(20)35-22/h4-15,17,26,28H,16H2,1-3H3,(H,29,30)/t26-/m1/s1. The molecule has 0 bridgehead atoms. The summed E-state index contributed by atoms with van der Waals surface area (Å²) >= 11 is 0. The molecule has 1 atom stereocenters. The first-order valence-electron chi connectivity index (χ1n) is 11.3. The molecule has 0 saturated heterocycles. The van der Waals surface area contributed by atoms with Gasteiger partial charge in [-0.05, 0) is 53.4 Å². The molecule has 0 fully saturated rings. The number of carboxylic acids is 1. The van der Waals surface area contributed by atoms with Gasteiger partial charge >= 0.3 is 5.97 Å². The Morgan fingerprint density at radius 3 is 2.33 bits per heavy atom. The molecule has 2 N–H and O–H groups in total. The van der Waals surface area contributed by atoms with E-state index in [1.807, 2.05) is 54.6 Å². The minimum Gasteiger partial charge on any atom is -0.495 e. The van der Waals surface area contributed by atoms with E-state index in [0.29, 0.717) is 5.75 Å². The van der Waals surface area contributed by atoms with Crippen molar-refractivity contribution in [1.82, 2.24) is 4.72 Å². The minimum atomic E-state index is -4.13. The highest BCUT2D eigenvalue weighted by atomic mass is 32.2. The van der Waals surface area contributed by atoms with Gasteiger partial charge < -0.3 is 19.0 Å². The molecule has 1 aromatic heterocycles. The number of rotatable bonds is 10. The zero-order valence-electron chi connectivity index (χ0n) is 20.1. The smallest absolute Gasteiger partial charge is 0.322 e. The number of nitrogens with one attached hydrogen (secondary N) is 1. The summed E-state index contributed by atoms with van der Waals surface area (Å²) in [6.45, 7) is 3.55. The summed E-state index contributed by atoms with van der Waals surface area (Å²) in [5, 5.41) is 10.4. The third kappa shape index (κ3) is 5.53. The fourth-order valence-corrected chi connectivity index (χ4v) is 5.27. The van der Waals surface area contributed by atoms with E-state index in [2.05, 4.69) is 4.72 Å². The van der Waals surface area contributed by atoms with Crippen LogP contribution in [0.4, 0.5) is 0 Å². The van der Waals surface area contributed by atoms with E-state index in [9.17, 15) is 18.3 Å². The molecule has 4 rings (SSSR count). The molecule has 9 heteroatoms. The van der Waals surface area contributed by atoms with Gasteiger partial charge in [0.25, 0.3) is 0 Å². The fourth-order valence-electron chi connectivity index (χ4n) is 3.78. The average Bonchev–Trinajstić information content (AvgIpc) is 3.29. The van der Waals surface area contributed by atoms with Crippen molar-refractivity contribution in [2.75, 3.05) is 7.11 Å². The van der Waals surface area contributed by atoms with Gasteiger partial charge in [-0.25, -0.2) is 8.42 Å². The topological polar surface area (TPSA) is 115 Å². The molecular formula is C27H27NO7S. The Kier molecular flexibility index (Phi) is 7.32. The van der Waals surface area contributed by atoms with Gasteiger partial charge in [-0.15, -0.1) is 0 Å². The van der Waals surface area contributed by atoms with Gasteiger partial charge in [-0.1, -0.05) is 50.2 Å². The van der Waals surface area contributed by atoms with Crippen LogP contribution in [0.5, 0.6) is 11.5 Å². The maximum absolute atomic E-state index is 12.9. The Morgan fingerprint density at radius 1 is 1.00 bits per heavy atom. The lowest BCUT2D eigenvalue weighted by Crippen LogP contribution is -2.44. The molecule has 0 saturated carbocycles. The first kappa shape index (κ1) is 25.3. The van der Waals surface area contributed by atoms with Gasteiger partial charge in [0.15, 0.2) is 0 Å². The first-order valence-corrected chi connectivity index (χ1v) is 12.8. The van der Waals surface area contributed by atoms with E-state index >= 15 is 0 Å². The molecule has 0 unspecified atom stereocenters. The highest BCUT2D eigenvalue weighted by Crippen LogP contribution is 2.31. The second-order valence-electron chi connectivity index (χ2n) is 8.61. The highest BCUT2D eigenvalue weighted by Gasteiger charge is 2.30. The van der Waals surface area contributed by atoms with Crippen molar-refractivity contribution in [3.05, 3.63) is 78.6 Å². The molecule has 1 heterocycles. The van der Waals surface area contributed by atoms with Crippen LogP contribution >= 0.6 is 0 Å². The summed E-state index contributed by atoms with van der Waals surface area (Å²) in [7, 11) is -2.76. The molecule has 0 aliphatic heterocycles. The van der Waals surface area contributed by atoms with Gasteiger partial charge in [-0.3, -0.25) is 4.79 Å². The molecule has 36 heavy (non-hydrogen) atoms. The van der Waals surface area contributed by atoms with Gasteiger partial charge in [0.2, 0.25) is 10.0 Å². The SMILES string of the molecule is COc1cc(-c2ccc(OCc3cc4ccccc4o3)cc2)ccc1S(=O)(=O)N[C@@H](C(=O)O)C(C)C. The van der Waals surface area contributed by atoms with Crippen molar-refractivity contribution >= 4 is 27.0 Å². The monoisotopic (exact) mass is 509 g/mol. The molecule has 3 aromatic carbocycles. The lowest BCUT2D eigenvalue weighted by Gasteiger charge is -2.19.